The van der Waals surface area contributed by atoms with E-state index in [4.69, 9.17) is 4.74 Å². The molecule has 0 atom stereocenters. The van der Waals surface area contributed by atoms with Crippen molar-refractivity contribution in [2.75, 3.05) is 13.7 Å². The number of halogens is 2. The van der Waals surface area contributed by atoms with E-state index in [-0.39, 0.29) is 17.4 Å². The minimum atomic E-state index is -2.56. The van der Waals surface area contributed by atoms with Gasteiger partial charge in [-0.05, 0) is 12.0 Å². The van der Waals surface area contributed by atoms with Crippen LogP contribution in [0.25, 0.3) is 0 Å². The number of hydrogen-bond donors (Lipinski definition) is 0. The normalized spacial score (nSPS) is 10.8. The number of nitrogens with zero attached hydrogens (tertiary/aromatic N) is 1. The summed E-state index contributed by atoms with van der Waals surface area (Å²) in [6.07, 6.45) is -1.31. The van der Waals surface area contributed by atoms with Crippen molar-refractivity contribution in [1.82, 2.24) is 4.98 Å². The van der Waals surface area contributed by atoms with E-state index < -0.39 is 19.0 Å². The summed E-state index contributed by atoms with van der Waals surface area (Å²) in [5, 5.41) is 0. The van der Waals surface area contributed by atoms with Crippen LogP contribution < -0.4 is 4.74 Å². The lowest BCUT2D eigenvalue weighted by Crippen LogP contribution is -2.11. The molecule has 100 valence electrons. The zero-order chi connectivity index (χ0) is 13.7. The lowest BCUT2D eigenvalue weighted by Gasteiger charge is -2.13. The first-order chi connectivity index (χ1) is 8.45. The fourth-order valence-corrected chi connectivity index (χ4v) is 1.37. The van der Waals surface area contributed by atoms with Crippen LogP contribution in [-0.4, -0.2) is 31.1 Å². The first kappa shape index (κ1) is 14.3. The van der Waals surface area contributed by atoms with Gasteiger partial charge in [0.2, 0.25) is 5.88 Å². The van der Waals surface area contributed by atoms with Gasteiger partial charge in [-0.3, -0.25) is 0 Å². The molecular weight excluding hydrogens is 244 g/mol. The Morgan fingerprint density at radius 1 is 1.44 bits per heavy atom. The standard InChI is InChI=1S/C12H15F2NO3/c1-7(2)9-4-8(12(16)17-3)5-15-11(9)18-6-10(13)14/h4-5,7,10H,6H2,1-3H3. The van der Waals surface area contributed by atoms with Gasteiger partial charge in [0.1, 0.15) is 0 Å². The van der Waals surface area contributed by atoms with Gasteiger partial charge in [-0.15, -0.1) is 0 Å². The van der Waals surface area contributed by atoms with Gasteiger partial charge in [-0.2, -0.15) is 0 Å². The van der Waals surface area contributed by atoms with Gasteiger partial charge >= 0.3 is 5.97 Å². The summed E-state index contributed by atoms with van der Waals surface area (Å²) in [5.74, 6) is -0.405. The van der Waals surface area contributed by atoms with Gasteiger partial charge in [-0.25, -0.2) is 18.6 Å². The molecule has 0 amide bonds. The van der Waals surface area contributed by atoms with Crippen LogP contribution in [0, 0.1) is 0 Å². The Morgan fingerprint density at radius 2 is 2.11 bits per heavy atom. The molecule has 1 heterocycles. The van der Waals surface area contributed by atoms with Gasteiger partial charge in [-0.1, -0.05) is 13.8 Å². The van der Waals surface area contributed by atoms with E-state index in [0.717, 1.165) is 0 Å². The zero-order valence-electron chi connectivity index (χ0n) is 10.4. The molecule has 0 radical (unpaired) electrons. The van der Waals surface area contributed by atoms with Crippen LogP contribution in [0.5, 0.6) is 5.88 Å². The van der Waals surface area contributed by atoms with Crippen molar-refractivity contribution in [1.29, 1.82) is 0 Å². The molecule has 0 spiro atoms. The number of alkyl halides is 2. The van der Waals surface area contributed by atoms with Gasteiger partial charge in [0, 0.05) is 11.8 Å². The molecule has 0 unspecified atom stereocenters. The molecule has 0 saturated heterocycles. The van der Waals surface area contributed by atoms with Gasteiger partial charge in [0.25, 0.3) is 6.43 Å². The quantitative estimate of drug-likeness (QED) is 0.763. The van der Waals surface area contributed by atoms with Crippen LogP contribution in [0.15, 0.2) is 12.3 Å². The fraction of sp³-hybridized carbons (Fsp3) is 0.500. The van der Waals surface area contributed by atoms with E-state index in [9.17, 15) is 13.6 Å². The molecule has 0 aliphatic carbocycles. The second-order valence-corrected chi connectivity index (χ2v) is 3.97. The van der Waals surface area contributed by atoms with Crippen LogP contribution in [0.3, 0.4) is 0 Å². The number of hydrogen-bond acceptors (Lipinski definition) is 4. The molecule has 0 bridgehead atoms. The Hall–Kier alpha value is -1.72. The van der Waals surface area contributed by atoms with E-state index in [0.29, 0.717) is 5.56 Å². The molecule has 0 aliphatic rings. The van der Waals surface area contributed by atoms with Crippen LogP contribution >= 0.6 is 0 Å². The average molecular weight is 259 g/mol. The highest BCUT2D eigenvalue weighted by Gasteiger charge is 2.16. The third-order valence-corrected chi connectivity index (χ3v) is 2.27. The van der Waals surface area contributed by atoms with E-state index in [2.05, 4.69) is 9.72 Å². The average Bonchev–Trinajstić information content (AvgIpc) is 2.34. The fourth-order valence-electron chi connectivity index (χ4n) is 1.37. The lowest BCUT2D eigenvalue weighted by atomic mass is 10.0. The van der Waals surface area contributed by atoms with Crippen LogP contribution in [-0.2, 0) is 4.74 Å². The summed E-state index contributed by atoms with van der Waals surface area (Å²) < 4.78 is 33.7. The predicted octanol–water partition coefficient (Wildman–Crippen LogP) is 2.64. The second kappa shape index (κ2) is 6.28. The third kappa shape index (κ3) is 3.65. The van der Waals surface area contributed by atoms with Crippen LogP contribution in [0.1, 0.15) is 35.7 Å². The zero-order valence-corrected chi connectivity index (χ0v) is 10.4. The first-order valence-corrected chi connectivity index (χ1v) is 5.45. The number of carbonyl (C=O) groups is 1. The first-order valence-electron chi connectivity index (χ1n) is 5.45. The smallest absolute Gasteiger partial charge is 0.339 e. The molecule has 6 heteroatoms. The summed E-state index contributed by atoms with van der Waals surface area (Å²) in [4.78, 5) is 15.2. The molecule has 1 aromatic rings. The molecule has 0 fully saturated rings. The summed E-state index contributed by atoms with van der Waals surface area (Å²) in [7, 11) is 1.26. The Balaban J connectivity index is 3.01. The number of carbonyl (C=O) groups excluding carboxylic acids is 1. The Bertz CT molecular complexity index is 422. The highest BCUT2D eigenvalue weighted by Crippen LogP contribution is 2.25. The number of methoxy groups -OCH3 is 1. The van der Waals surface area contributed by atoms with Crippen LogP contribution in [0.4, 0.5) is 8.78 Å². The highest BCUT2D eigenvalue weighted by molar-refractivity contribution is 5.89. The molecule has 0 N–H and O–H groups in total. The van der Waals surface area contributed by atoms with E-state index in [1.165, 1.54) is 13.3 Å². The van der Waals surface area contributed by atoms with Gasteiger partial charge in [0.15, 0.2) is 6.61 Å². The maximum Gasteiger partial charge on any atom is 0.339 e. The number of ether oxygens (including phenoxy) is 2. The number of aromatic nitrogens is 1. The van der Waals surface area contributed by atoms with E-state index in [1.807, 2.05) is 13.8 Å². The molecule has 4 nitrogen and oxygen atoms in total. The lowest BCUT2D eigenvalue weighted by molar-refractivity contribution is 0.0598. The second-order valence-electron chi connectivity index (χ2n) is 3.97. The molecule has 18 heavy (non-hydrogen) atoms. The summed E-state index contributed by atoms with van der Waals surface area (Å²) in [6.45, 7) is 2.99. The van der Waals surface area contributed by atoms with E-state index in [1.54, 1.807) is 6.07 Å². The number of esters is 1. The van der Waals surface area contributed by atoms with Gasteiger partial charge in [0.05, 0.1) is 12.7 Å². The summed E-state index contributed by atoms with van der Waals surface area (Å²) in [5.41, 5.74) is 0.865. The van der Waals surface area contributed by atoms with Gasteiger partial charge < -0.3 is 9.47 Å². The van der Waals surface area contributed by atoms with E-state index >= 15 is 0 Å². The Morgan fingerprint density at radius 3 is 2.61 bits per heavy atom. The Labute approximate surface area is 104 Å². The monoisotopic (exact) mass is 259 g/mol. The molecule has 0 aromatic carbocycles. The van der Waals surface area contributed by atoms with Crippen molar-refractivity contribution in [3.05, 3.63) is 23.4 Å². The third-order valence-electron chi connectivity index (χ3n) is 2.27. The van der Waals surface area contributed by atoms with Crippen molar-refractivity contribution in [2.45, 2.75) is 26.2 Å². The SMILES string of the molecule is COC(=O)c1cnc(OCC(F)F)c(C(C)C)c1. The van der Waals surface area contributed by atoms with Crippen molar-refractivity contribution in [3.63, 3.8) is 0 Å². The van der Waals surface area contributed by atoms with Crippen molar-refractivity contribution in [2.24, 2.45) is 0 Å². The number of pyridine rings is 1. The molecular formula is C12H15F2NO3. The molecule has 1 rings (SSSR count). The summed E-state index contributed by atoms with van der Waals surface area (Å²) in [6, 6.07) is 1.55. The minimum absolute atomic E-state index is 0.00483. The maximum absolute atomic E-state index is 12.1. The highest BCUT2D eigenvalue weighted by atomic mass is 19.3. The van der Waals surface area contributed by atoms with Crippen molar-refractivity contribution < 1.29 is 23.0 Å². The molecule has 0 aliphatic heterocycles. The van der Waals surface area contributed by atoms with Crippen molar-refractivity contribution >= 4 is 5.97 Å². The predicted molar refractivity (Wildman–Crippen MR) is 61.2 cm³/mol. The summed E-state index contributed by atoms with van der Waals surface area (Å²) >= 11 is 0. The maximum atomic E-state index is 12.1. The van der Waals surface area contributed by atoms with Crippen LogP contribution in [0.2, 0.25) is 0 Å². The minimum Gasteiger partial charge on any atom is -0.471 e. The Kier molecular flexibility index (Phi) is 5.00. The largest absolute Gasteiger partial charge is 0.471 e. The molecule has 0 saturated carbocycles. The molecule has 1 aromatic heterocycles. The topological polar surface area (TPSA) is 48.4 Å². The number of rotatable bonds is 5. The van der Waals surface area contributed by atoms with Crippen molar-refractivity contribution in [3.8, 4) is 5.88 Å².